The van der Waals surface area contributed by atoms with Gasteiger partial charge in [0.2, 0.25) is 5.91 Å². The Morgan fingerprint density at radius 3 is 2.42 bits per heavy atom. The maximum absolute atomic E-state index is 13.7. The van der Waals surface area contributed by atoms with Crippen LogP contribution in [0.3, 0.4) is 0 Å². The molecule has 0 spiro atoms. The van der Waals surface area contributed by atoms with E-state index >= 15 is 0 Å². The number of nitrogens with one attached hydrogen (secondary N) is 2. The van der Waals surface area contributed by atoms with Crippen LogP contribution in [0.25, 0.3) is 21.6 Å². The molecule has 7 nitrogen and oxygen atoms in total. The number of thiophene rings is 1. The van der Waals surface area contributed by atoms with E-state index in [1.165, 1.54) is 23.5 Å². The number of pyridine rings is 1. The summed E-state index contributed by atoms with van der Waals surface area (Å²) in [4.78, 5) is 35.5. The van der Waals surface area contributed by atoms with Crippen molar-refractivity contribution in [3.63, 3.8) is 0 Å². The second-order valence-electron chi connectivity index (χ2n) is 7.01. The van der Waals surface area contributed by atoms with Gasteiger partial charge in [-0.1, -0.05) is 17.8 Å². The number of fused-ring (bicyclic) bond motifs is 1. The summed E-state index contributed by atoms with van der Waals surface area (Å²) in [6, 6.07) is 8.40. The predicted molar refractivity (Wildman–Crippen MR) is 121 cm³/mol. The molecule has 0 atom stereocenters. The standard InChI is InChI=1S/C21H12F6N4O3S2/c22-20(23,24)12-8-13(14-2-1-7-35-14)29-17-16(12)18(33)31-19(30-17)36-9-15(32)28-10-3-5-11(6-4-10)34-21(25,26)27/h1-8H,9H2,(H,28,32)(H,29,30,31,33). The maximum Gasteiger partial charge on any atom is 0.573 e. The highest BCUT2D eigenvalue weighted by Crippen LogP contribution is 2.36. The number of alkyl halides is 6. The number of aromatic nitrogens is 3. The number of carbonyl (C=O) groups excluding carboxylic acids is 1. The molecular weight excluding hydrogens is 534 g/mol. The van der Waals surface area contributed by atoms with Gasteiger partial charge in [-0.15, -0.1) is 24.5 Å². The molecule has 0 bridgehead atoms. The van der Waals surface area contributed by atoms with Crippen LogP contribution in [-0.2, 0) is 11.0 Å². The van der Waals surface area contributed by atoms with E-state index in [2.05, 4.69) is 25.0 Å². The monoisotopic (exact) mass is 546 g/mol. The SMILES string of the molecule is O=C(CSc1nc2nc(-c3cccs3)cc(C(F)(F)F)c2c(=O)[nH]1)Nc1ccc(OC(F)(F)F)cc1. The van der Waals surface area contributed by atoms with Gasteiger partial charge in [-0.25, -0.2) is 9.97 Å². The summed E-state index contributed by atoms with van der Waals surface area (Å²) >= 11 is 1.90. The van der Waals surface area contributed by atoms with E-state index in [0.29, 0.717) is 4.88 Å². The van der Waals surface area contributed by atoms with Gasteiger partial charge in [0.1, 0.15) is 5.75 Å². The zero-order valence-electron chi connectivity index (χ0n) is 17.5. The Kier molecular flexibility index (Phi) is 6.95. The van der Waals surface area contributed by atoms with Gasteiger partial charge in [0.25, 0.3) is 5.56 Å². The lowest BCUT2D eigenvalue weighted by atomic mass is 10.1. The lowest BCUT2D eigenvalue weighted by molar-refractivity contribution is -0.274. The third-order valence-corrected chi connectivity index (χ3v) is 6.21. The third-order valence-electron chi connectivity index (χ3n) is 4.45. The minimum absolute atomic E-state index is 0.00503. The molecule has 0 saturated carbocycles. The first-order chi connectivity index (χ1) is 16.9. The summed E-state index contributed by atoms with van der Waals surface area (Å²) in [7, 11) is 0. The fraction of sp³-hybridized carbons (Fsp3) is 0.143. The largest absolute Gasteiger partial charge is 0.573 e. The Labute approximate surface area is 205 Å². The highest BCUT2D eigenvalue weighted by atomic mass is 32.2. The van der Waals surface area contributed by atoms with Gasteiger partial charge >= 0.3 is 12.5 Å². The van der Waals surface area contributed by atoms with Crippen LogP contribution >= 0.6 is 23.1 Å². The molecule has 36 heavy (non-hydrogen) atoms. The summed E-state index contributed by atoms with van der Waals surface area (Å²) in [5, 5.41) is 3.23. The molecule has 0 fully saturated rings. The van der Waals surface area contributed by atoms with Crippen molar-refractivity contribution in [3.05, 3.63) is 63.8 Å². The summed E-state index contributed by atoms with van der Waals surface area (Å²) in [5.41, 5.74) is -2.51. The van der Waals surface area contributed by atoms with Crippen molar-refractivity contribution in [1.82, 2.24) is 15.0 Å². The van der Waals surface area contributed by atoms with Gasteiger partial charge in [0.05, 0.1) is 27.3 Å². The van der Waals surface area contributed by atoms with Crippen molar-refractivity contribution < 1.29 is 35.9 Å². The number of ether oxygens (including phenoxy) is 1. The summed E-state index contributed by atoms with van der Waals surface area (Å²) in [6.45, 7) is 0. The number of hydrogen-bond donors (Lipinski definition) is 2. The molecule has 0 aliphatic heterocycles. The Morgan fingerprint density at radius 1 is 1.08 bits per heavy atom. The quantitative estimate of drug-likeness (QED) is 0.183. The predicted octanol–water partition coefficient (Wildman–Crippen LogP) is 5.69. The molecule has 0 radical (unpaired) electrons. The van der Waals surface area contributed by atoms with Crippen LogP contribution in [0.15, 0.2) is 57.8 Å². The van der Waals surface area contributed by atoms with E-state index in [-0.39, 0.29) is 22.3 Å². The van der Waals surface area contributed by atoms with Gasteiger partial charge in [0, 0.05) is 5.69 Å². The lowest BCUT2D eigenvalue weighted by Crippen LogP contribution is -2.19. The van der Waals surface area contributed by atoms with Crippen LogP contribution < -0.4 is 15.6 Å². The molecule has 2 N–H and O–H groups in total. The van der Waals surface area contributed by atoms with E-state index < -0.39 is 46.4 Å². The molecule has 3 heterocycles. The fourth-order valence-electron chi connectivity index (χ4n) is 3.03. The van der Waals surface area contributed by atoms with Crippen LogP contribution in [0.1, 0.15) is 5.56 Å². The van der Waals surface area contributed by atoms with Crippen molar-refractivity contribution in [2.45, 2.75) is 17.7 Å². The van der Waals surface area contributed by atoms with E-state index in [1.807, 2.05) is 0 Å². The molecule has 1 aromatic carbocycles. The number of carbonyl (C=O) groups is 1. The molecule has 0 saturated heterocycles. The first-order valence-electron chi connectivity index (χ1n) is 9.74. The number of benzene rings is 1. The summed E-state index contributed by atoms with van der Waals surface area (Å²) < 4.78 is 81.4. The number of anilines is 1. The first kappa shape index (κ1) is 25.5. The molecule has 0 aliphatic carbocycles. The van der Waals surface area contributed by atoms with Crippen LogP contribution in [0, 0.1) is 0 Å². The first-order valence-corrected chi connectivity index (χ1v) is 11.6. The molecule has 1 amide bonds. The van der Waals surface area contributed by atoms with Gasteiger partial charge in [-0.05, 0) is 41.8 Å². The highest BCUT2D eigenvalue weighted by molar-refractivity contribution is 7.99. The van der Waals surface area contributed by atoms with Gasteiger partial charge in [0.15, 0.2) is 10.8 Å². The molecule has 0 aliphatic rings. The van der Waals surface area contributed by atoms with E-state index in [0.717, 1.165) is 30.0 Å². The van der Waals surface area contributed by atoms with Gasteiger partial charge in [-0.2, -0.15) is 13.2 Å². The van der Waals surface area contributed by atoms with Crippen molar-refractivity contribution in [2.75, 3.05) is 11.1 Å². The number of nitrogens with zero attached hydrogens (tertiary/aromatic N) is 2. The highest BCUT2D eigenvalue weighted by Gasteiger charge is 2.35. The average Bonchev–Trinajstić information content (AvgIpc) is 3.32. The normalized spacial score (nSPS) is 12.1. The number of amides is 1. The zero-order chi connectivity index (χ0) is 26.1. The molecule has 3 aromatic heterocycles. The van der Waals surface area contributed by atoms with Gasteiger partial charge < -0.3 is 15.0 Å². The lowest BCUT2D eigenvalue weighted by Gasteiger charge is -2.12. The second-order valence-corrected chi connectivity index (χ2v) is 8.92. The number of halogens is 6. The molecule has 4 rings (SSSR count). The topological polar surface area (TPSA) is 97.0 Å². The molecule has 188 valence electrons. The Morgan fingerprint density at radius 2 is 1.81 bits per heavy atom. The zero-order valence-corrected chi connectivity index (χ0v) is 19.2. The van der Waals surface area contributed by atoms with Gasteiger partial charge in [-0.3, -0.25) is 9.59 Å². The molecule has 4 aromatic rings. The molecule has 15 heteroatoms. The van der Waals surface area contributed by atoms with E-state index in [4.69, 9.17) is 0 Å². The smallest absolute Gasteiger partial charge is 0.406 e. The van der Waals surface area contributed by atoms with E-state index in [9.17, 15) is 35.9 Å². The fourth-order valence-corrected chi connectivity index (χ4v) is 4.38. The van der Waals surface area contributed by atoms with Crippen molar-refractivity contribution in [3.8, 4) is 16.3 Å². The molecule has 0 unspecified atom stereocenters. The van der Waals surface area contributed by atoms with Crippen molar-refractivity contribution in [1.29, 1.82) is 0 Å². The summed E-state index contributed by atoms with van der Waals surface area (Å²) in [6.07, 6.45) is -9.69. The Balaban J connectivity index is 1.53. The van der Waals surface area contributed by atoms with Crippen molar-refractivity contribution in [2.24, 2.45) is 0 Å². The second kappa shape index (κ2) is 9.81. The minimum Gasteiger partial charge on any atom is -0.406 e. The number of rotatable bonds is 6. The van der Waals surface area contributed by atoms with Crippen LogP contribution in [0.4, 0.5) is 32.0 Å². The Bertz CT molecular complexity index is 1450. The Hall–Kier alpha value is -3.59. The van der Waals surface area contributed by atoms with Crippen molar-refractivity contribution >= 4 is 45.7 Å². The molecular formula is C21H12F6N4O3S2. The number of H-pyrrole nitrogens is 1. The number of thioether (sulfide) groups is 1. The van der Waals surface area contributed by atoms with E-state index in [1.54, 1.807) is 17.5 Å². The number of hydrogen-bond acceptors (Lipinski definition) is 7. The van der Waals surface area contributed by atoms with Crippen LogP contribution in [0.2, 0.25) is 0 Å². The minimum atomic E-state index is -4.86. The average molecular weight is 546 g/mol. The maximum atomic E-state index is 13.7. The summed E-state index contributed by atoms with van der Waals surface area (Å²) in [5.74, 6) is -1.39. The third kappa shape index (κ3) is 6.15. The number of aromatic amines is 1. The van der Waals surface area contributed by atoms with Crippen LogP contribution in [-0.4, -0.2) is 33.0 Å². The van der Waals surface area contributed by atoms with Crippen LogP contribution in [0.5, 0.6) is 5.75 Å².